The van der Waals surface area contributed by atoms with Gasteiger partial charge in [-0.1, -0.05) is 11.6 Å². The van der Waals surface area contributed by atoms with Crippen molar-refractivity contribution in [3.05, 3.63) is 27.4 Å². The molecule has 6 nitrogen and oxygen atoms in total. The third kappa shape index (κ3) is 2.70. The van der Waals surface area contributed by atoms with Crippen LogP contribution in [0.3, 0.4) is 0 Å². The first-order valence-electron chi connectivity index (χ1n) is 5.69. The molecule has 0 bridgehead atoms. The summed E-state index contributed by atoms with van der Waals surface area (Å²) in [5, 5.41) is 14.3. The predicted molar refractivity (Wildman–Crippen MR) is 70.2 cm³/mol. The largest absolute Gasteiger partial charge is 0.352 e. The molecular formula is C11H15ClN4O2. The van der Waals surface area contributed by atoms with Crippen molar-refractivity contribution >= 4 is 23.1 Å². The molecule has 2 rings (SSSR count). The van der Waals surface area contributed by atoms with Gasteiger partial charge in [-0.05, 0) is 13.8 Å². The van der Waals surface area contributed by atoms with Crippen molar-refractivity contribution < 1.29 is 4.92 Å². The van der Waals surface area contributed by atoms with Gasteiger partial charge in [-0.2, -0.15) is 0 Å². The minimum Gasteiger partial charge on any atom is -0.352 e. The average molecular weight is 271 g/mol. The minimum absolute atomic E-state index is 0.0228. The van der Waals surface area contributed by atoms with Crippen LogP contribution in [-0.2, 0) is 0 Å². The number of nitrogens with one attached hydrogen (secondary N) is 1. The highest BCUT2D eigenvalue weighted by Crippen LogP contribution is 2.28. The second kappa shape index (κ2) is 4.70. The Bertz CT molecular complexity index is 478. The van der Waals surface area contributed by atoms with Gasteiger partial charge in [0.25, 0.3) is 5.69 Å². The van der Waals surface area contributed by atoms with Gasteiger partial charge >= 0.3 is 0 Å². The lowest BCUT2D eigenvalue weighted by atomic mass is 10.0. The summed E-state index contributed by atoms with van der Waals surface area (Å²) in [6.45, 7) is 6.57. The molecule has 7 heteroatoms. The summed E-state index contributed by atoms with van der Waals surface area (Å²) in [4.78, 5) is 16.3. The fraction of sp³-hybridized carbons (Fsp3) is 0.545. The molecule has 0 saturated carbocycles. The normalized spacial score (nSPS) is 18.7. The van der Waals surface area contributed by atoms with E-state index in [1.807, 2.05) is 4.90 Å². The fourth-order valence-electron chi connectivity index (χ4n) is 2.08. The zero-order chi connectivity index (χ0) is 13.3. The summed E-state index contributed by atoms with van der Waals surface area (Å²) in [6.07, 6.45) is 1.25. The van der Waals surface area contributed by atoms with Crippen molar-refractivity contribution in [3.63, 3.8) is 0 Å². The van der Waals surface area contributed by atoms with Crippen LogP contribution < -0.4 is 10.2 Å². The van der Waals surface area contributed by atoms with Crippen LogP contribution in [0.4, 0.5) is 11.5 Å². The Morgan fingerprint density at radius 1 is 1.61 bits per heavy atom. The summed E-state index contributed by atoms with van der Waals surface area (Å²) >= 11 is 6.07. The number of aromatic nitrogens is 1. The van der Waals surface area contributed by atoms with Crippen molar-refractivity contribution in [1.82, 2.24) is 10.3 Å². The van der Waals surface area contributed by atoms with E-state index in [-0.39, 0.29) is 11.2 Å². The van der Waals surface area contributed by atoms with Crippen LogP contribution in [-0.4, -0.2) is 35.1 Å². The van der Waals surface area contributed by atoms with Crippen molar-refractivity contribution in [3.8, 4) is 0 Å². The van der Waals surface area contributed by atoms with Gasteiger partial charge in [0, 0.05) is 31.2 Å². The summed E-state index contributed by atoms with van der Waals surface area (Å²) in [7, 11) is 0. The van der Waals surface area contributed by atoms with Crippen LogP contribution in [0.15, 0.2) is 12.3 Å². The average Bonchev–Trinajstić information content (AvgIpc) is 2.27. The lowest BCUT2D eigenvalue weighted by molar-refractivity contribution is -0.385. The Morgan fingerprint density at radius 2 is 2.33 bits per heavy atom. The molecule has 1 fully saturated rings. The Hall–Kier alpha value is -1.40. The van der Waals surface area contributed by atoms with E-state index >= 15 is 0 Å². The molecule has 1 aromatic rings. The molecule has 2 heterocycles. The minimum atomic E-state index is -0.496. The Morgan fingerprint density at radius 3 is 2.89 bits per heavy atom. The zero-order valence-corrected chi connectivity index (χ0v) is 11.1. The first-order chi connectivity index (χ1) is 8.39. The Kier molecular flexibility index (Phi) is 3.41. The van der Waals surface area contributed by atoms with E-state index in [1.54, 1.807) is 0 Å². The number of pyridine rings is 1. The van der Waals surface area contributed by atoms with Crippen molar-refractivity contribution in [1.29, 1.82) is 0 Å². The summed E-state index contributed by atoms with van der Waals surface area (Å²) in [5.41, 5.74) is -0.108. The second-order valence-corrected chi connectivity index (χ2v) is 5.40. The number of nitro groups is 1. The monoisotopic (exact) mass is 270 g/mol. The predicted octanol–water partition coefficient (Wildman–Crippen LogP) is 1.83. The quantitative estimate of drug-likeness (QED) is 0.656. The van der Waals surface area contributed by atoms with Crippen molar-refractivity contribution in [2.24, 2.45) is 0 Å². The molecule has 1 N–H and O–H groups in total. The third-order valence-corrected chi connectivity index (χ3v) is 3.17. The molecule has 1 aliphatic rings. The van der Waals surface area contributed by atoms with Gasteiger partial charge in [-0.15, -0.1) is 0 Å². The van der Waals surface area contributed by atoms with Gasteiger partial charge in [-0.25, -0.2) is 4.98 Å². The second-order valence-electron chi connectivity index (χ2n) is 4.99. The molecule has 1 aromatic heterocycles. The standard InChI is InChI=1S/C11H15ClN4O2/c1-11(2)7-15(4-3-14-11)10-9(12)5-8(6-13-10)16(17)18/h5-6,14H,3-4,7H2,1-2H3. The topological polar surface area (TPSA) is 71.3 Å². The first-order valence-corrected chi connectivity index (χ1v) is 6.07. The summed E-state index contributed by atoms with van der Waals surface area (Å²) < 4.78 is 0. The van der Waals surface area contributed by atoms with E-state index in [9.17, 15) is 10.1 Å². The molecular weight excluding hydrogens is 256 g/mol. The SMILES string of the molecule is CC1(C)CN(c2ncc([N+](=O)[O-])cc2Cl)CCN1. The number of piperazine rings is 1. The molecule has 98 valence electrons. The number of anilines is 1. The van der Waals surface area contributed by atoms with Gasteiger partial charge in [0.15, 0.2) is 0 Å². The molecule has 0 aliphatic carbocycles. The first kappa shape index (κ1) is 13.0. The van der Waals surface area contributed by atoms with Crippen LogP contribution in [0.1, 0.15) is 13.8 Å². The number of halogens is 1. The van der Waals surface area contributed by atoms with Crippen molar-refractivity contribution in [2.45, 2.75) is 19.4 Å². The van der Waals surface area contributed by atoms with Crippen LogP contribution >= 0.6 is 11.6 Å². The molecule has 0 spiro atoms. The number of hydrogen-bond acceptors (Lipinski definition) is 5. The maximum absolute atomic E-state index is 10.6. The van der Waals surface area contributed by atoms with Gasteiger partial charge < -0.3 is 10.2 Å². The van der Waals surface area contributed by atoms with Crippen LogP contribution in [0, 0.1) is 10.1 Å². The molecule has 1 aliphatic heterocycles. The molecule has 0 radical (unpaired) electrons. The van der Waals surface area contributed by atoms with Crippen LogP contribution in [0.25, 0.3) is 0 Å². The Labute approximate surface area is 110 Å². The molecule has 18 heavy (non-hydrogen) atoms. The lowest BCUT2D eigenvalue weighted by Gasteiger charge is -2.39. The fourth-order valence-corrected chi connectivity index (χ4v) is 2.36. The highest BCUT2D eigenvalue weighted by Gasteiger charge is 2.28. The van der Waals surface area contributed by atoms with E-state index in [0.29, 0.717) is 10.8 Å². The van der Waals surface area contributed by atoms with Crippen LogP contribution in [0.2, 0.25) is 5.02 Å². The Balaban J connectivity index is 2.26. The zero-order valence-electron chi connectivity index (χ0n) is 10.3. The number of hydrogen-bond donors (Lipinski definition) is 1. The summed E-state index contributed by atoms with van der Waals surface area (Å²) in [6, 6.07) is 1.35. The summed E-state index contributed by atoms with van der Waals surface area (Å²) in [5.74, 6) is 0.608. The van der Waals surface area contributed by atoms with E-state index in [4.69, 9.17) is 11.6 Å². The lowest BCUT2D eigenvalue weighted by Crippen LogP contribution is -2.57. The van der Waals surface area contributed by atoms with Gasteiger partial charge in [-0.3, -0.25) is 10.1 Å². The van der Waals surface area contributed by atoms with Gasteiger partial charge in [0.2, 0.25) is 0 Å². The third-order valence-electron chi connectivity index (χ3n) is 2.89. The number of nitrogens with zero attached hydrogens (tertiary/aromatic N) is 3. The van der Waals surface area contributed by atoms with E-state index in [2.05, 4.69) is 24.1 Å². The van der Waals surface area contributed by atoms with E-state index in [0.717, 1.165) is 19.6 Å². The van der Waals surface area contributed by atoms with Gasteiger partial charge in [0.05, 0.1) is 9.95 Å². The molecule has 0 aromatic carbocycles. The maximum atomic E-state index is 10.6. The molecule has 0 unspecified atom stereocenters. The number of rotatable bonds is 2. The smallest absolute Gasteiger partial charge is 0.289 e. The highest BCUT2D eigenvalue weighted by atomic mass is 35.5. The highest BCUT2D eigenvalue weighted by molar-refractivity contribution is 6.33. The van der Waals surface area contributed by atoms with Crippen molar-refractivity contribution in [2.75, 3.05) is 24.5 Å². The maximum Gasteiger partial charge on any atom is 0.289 e. The molecule has 0 amide bonds. The van der Waals surface area contributed by atoms with E-state index in [1.165, 1.54) is 12.3 Å². The van der Waals surface area contributed by atoms with E-state index < -0.39 is 4.92 Å². The molecule has 1 saturated heterocycles. The van der Waals surface area contributed by atoms with Crippen LogP contribution in [0.5, 0.6) is 0 Å². The molecule has 0 atom stereocenters. The van der Waals surface area contributed by atoms with Gasteiger partial charge in [0.1, 0.15) is 12.0 Å².